The number of esters is 1. The van der Waals surface area contributed by atoms with Crippen LogP contribution < -0.4 is 15.4 Å². The topological polar surface area (TPSA) is 85.4 Å². The number of hydrogen-bond donors (Lipinski definition) is 2. The molecular weight excluding hydrogens is 368 g/mol. The van der Waals surface area contributed by atoms with E-state index in [9.17, 15) is 4.79 Å². The average Bonchev–Trinajstić information content (AvgIpc) is 2.74. The number of hydrogen-bond acceptors (Lipinski definition) is 7. The summed E-state index contributed by atoms with van der Waals surface area (Å²) in [7, 11) is 3.01. The van der Waals surface area contributed by atoms with Crippen LogP contribution in [0.5, 0.6) is 5.75 Å². The van der Waals surface area contributed by atoms with Gasteiger partial charge in [-0.05, 0) is 43.2 Å². The number of rotatable bonds is 8. The van der Waals surface area contributed by atoms with Gasteiger partial charge in [0.15, 0.2) is 0 Å². The van der Waals surface area contributed by atoms with Crippen LogP contribution in [0.4, 0.5) is 17.5 Å². The first kappa shape index (κ1) is 20.1. The zero-order valence-electron chi connectivity index (χ0n) is 16.7. The summed E-state index contributed by atoms with van der Waals surface area (Å²) in [5.41, 5.74) is 3.03. The van der Waals surface area contributed by atoms with Crippen LogP contribution in [0.3, 0.4) is 0 Å². The molecule has 1 aromatic heterocycles. The third-order valence-electron chi connectivity index (χ3n) is 4.31. The molecular formula is C22H24N4O3. The molecule has 2 N–H and O–H groups in total. The van der Waals surface area contributed by atoms with Crippen LogP contribution in [-0.4, -0.2) is 36.7 Å². The largest absolute Gasteiger partial charge is 0.497 e. The van der Waals surface area contributed by atoms with E-state index in [-0.39, 0.29) is 0 Å². The minimum Gasteiger partial charge on any atom is -0.497 e. The molecule has 29 heavy (non-hydrogen) atoms. The SMILES string of the molecule is COC(=O)c1ccccc1Nc1nc(C)cc(NCCc2ccc(OC)cc2)n1. The van der Waals surface area contributed by atoms with Crippen molar-refractivity contribution in [3.8, 4) is 5.75 Å². The quantitative estimate of drug-likeness (QED) is 0.561. The van der Waals surface area contributed by atoms with Gasteiger partial charge in [-0.15, -0.1) is 0 Å². The summed E-state index contributed by atoms with van der Waals surface area (Å²) in [6.07, 6.45) is 0.848. The summed E-state index contributed by atoms with van der Waals surface area (Å²) in [6.45, 7) is 2.62. The minimum absolute atomic E-state index is 0.410. The van der Waals surface area contributed by atoms with Gasteiger partial charge in [-0.1, -0.05) is 24.3 Å². The fourth-order valence-electron chi connectivity index (χ4n) is 2.84. The van der Waals surface area contributed by atoms with Crippen LogP contribution in [0.15, 0.2) is 54.6 Å². The first-order valence-corrected chi connectivity index (χ1v) is 9.26. The molecule has 0 spiro atoms. The molecule has 3 aromatic rings. The molecule has 0 saturated carbocycles. The van der Waals surface area contributed by atoms with E-state index in [2.05, 4.69) is 20.6 Å². The molecule has 0 unspecified atom stereocenters. The number of nitrogens with zero attached hydrogens (tertiary/aromatic N) is 2. The Balaban J connectivity index is 1.67. The third kappa shape index (κ3) is 5.44. The normalized spacial score (nSPS) is 10.3. The highest BCUT2D eigenvalue weighted by Crippen LogP contribution is 2.21. The van der Waals surface area contributed by atoms with Crippen LogP contribution in [0.25, 0.3) is 0 Å². The van der Waals surface area contributed by atoms with E-state index in [4.69, 9.17) is 9.47 Å². The summed E-state index contributed by atoms with van der Waals surface area (Å²) >= 11 is 0. The lowest BCUT2D eigenvalue weighted by atomic mass is 10.1. The van der Waals surface area contributed by atoms with Crippen molar-refractivity contribution in [3.63, 3.8) is 0 Å². The molecule has 2 aromatic carbocycles. The van der Waals surface area contributed by atoms with Gasteiger partial charge < -0.3 is 20.1 Å². The van der Waals surface area contributed by atoms with Crippen LogP contribution in [0.2, 0.25) is 0 Å². The van der Waals surface area contributed by atoms with Crippen molar-refractivity contribution < 1.29 is 14.3 Å². The number of para-hydroxylation sites is 1. The molecule has 0 aliphatic rings. The molecule has 7 heteroatoms. The molecule has 0 amide bonds. The van der Waals surface area contributed by atoms with Crippen LogP contribution in [0.1, 0.15) is 21.6 Å². The number of aromatic nitrogens is 2. The number of aryl methyl sites for hydroxylation is 1. The van der Waals surface area contributed by atoms with Crippen molar-refractivity contribution in [2.45, 2.75) is 13.3 Å². The Hall–Kier alpha value is -3.61. The summed E-state index contributed by atoms with van der Waals surface area (Å²) in [5, 5.41) is 6.44. The molecule has 7 nitrogen and oxygen atoms in total. The minimum atomic E-state index is -0.418. The molecule has 0 saturated heterocycles. The molecule has 0 bridgehead atoms. The molecule has 0 fully saturated rings. The van der Waals surface area contributed by atoms with E-state index in [1.807, 2.05) is 43.3 Å². The Bertz CT molecular complexity index is 974. The standard InChI is InChI=1S/C22H24N4O3/c1-15-14-20(23-13-12-16-8-10-17(28-2)11-9-16)26-22(24-15)25-19-7-5-4-6-18(19)21(27)29-3/h4-11,14H,12-13H2,1-3H3,(H2,23,24,25,26). The summed E-state index contributed by atoms with van der Waals surface area (Å²) in [5.74, 6) is 1.55. The lowest BCUT2D eigenvalue weighted by Gasteiger charge is -2.12. The fraction of sp³-hybridized carbons (Fsp3) is 0.227. The van der Waals surface area contributed by atoms with E-state index in [0.29, 0.717) is 23.0 Å². The number of benzene rings is 2. The van der Waals surface area contributed by atoms with Crippen molar-refractivity contribution in [3.05, 3.63) is 71.4 Å². The average molecular weight is 392 g/mol. The summed E-state index contributed by atoms with van der Waals surface area (Å²) < 4.78 is 10.0. The lowest BCUT2D eigenvalue weighted by Crippen LogP contribution is -2.10. The predicted octanol–water partition coefficient (Wildman–Crippen LogP) is 3.98. The number of carbonyl (C=O) groups is 1. The second-order valence-corrected chi connectivity index (χ2v) is 6.41. The molecule has 0 atom stereocenters. The Labute approximate surface area is 170 Å². The smallest absolute Gasteiger partial charge is 0.339 e. The van der Waals surface area contributed by atoms with Crippen LogP contribution >= 0.6 is 0 Å². The van der Waals surface area contributed by atoms with Gasteiger partial charge in [0, 0.05) is 18.3 Å². The van der Waals surface area contributed by atoms with Gasteiger partial charge in [0.25, 0.3) is 0 Å². The van der Waals surface area contributed by atoms with Crippen molar-refractivity contribution in [2.24, 2.45) is 0 Å². The summed E-state index contributed by atoms with van der Waals surface area (Å²) in [4.78, 5) is 20.9. The summed E-state index contributed by atoms with van der Waals surface area (Å²) in [6, 6.07) is 17.0. The maximum atomic E-state index is 12.0. The predicted molar refractivity (Wildman–Crippen MR) is 113 cm³/mol. The van der Waals surface area contributed by atoms with Gasteiger partial charge in [0.2, 0.25) is 5.95 Å². The second-order valence-electron chi connectivity index (χ2n) is 6.41. The Kier molecular flexibility index (Phi) is 6.63. The maximum Gasteiger partial charge on any atom is 0.339 e. The molecule has 150 valence electrons. The second kappa shape index (κ2) is 9.54. The monoisotopic (exact) mass is 392 g/mol. The number of anilines is 3. The van der Waals surface area contributed by atoms with Gasteiger partial charge in [0.1, 0.15) is 11.6 Å². The van der Waals surface area contributed by atoms with Gasteiger partial charge >= 0.3 is 5.97 Å². The first-order valence-electron chi connectivity index (χ1n) is 9.26. The van der Waals surface area contributed by atoms with E-state index in [0.717, 1.165) is 24.4 Å². The van der Waals surface area contributed by atoms with Gasteiger partial charge in [-0.25, -0.2) is 9.78 Å². The van der Waals surface area contributed by atoms with Crippen LogP contribution in [0, 0.1) is 6.92 Å². The Morgan fingerprint density at radius 2 is 1.79 bits per heavy atom. The van der Waals surface area contributed by atoms with E-state index < -0.39 is 5.97 Å². The molecule has 0 aliphatic heterocycles. The van der Waals surface area contributed by atoms with Gasteiger partial charge in [-0.2, -0.15) is 4.98 Å². The first-order chi connectivity index (χ1) is 14.1. The van der Waals surface area contributed by atoms with Gasteiger partial charge in [0.05, 0.1) is 25.5 Å². The maximum absolute atomic E-state index is 12.0. The number of ether oxygens (including phenoxy) is 2. The highest BCUT2D eigenvalue weighted by molar-refractivity contribution is 5.96. The lowest BCUT2D eigenvalue weighted by molar-refractivity contribution is 0.0602. The van der Waals surface area contributed by atoms with Crippen LogP contribution in [-0.2, 0) is 11.2 Å². The highest BCUT2D eigenvalue weighted by Gasteiger charge is 2.12. The third-order valence-corrected chi connectivity index (χ3v) is 4.31. The van der Waals surface area contributed by atoms with E-state index >= 15 is 0 Å². The van der Waals surface area contributed by atoms with E-state index in [1.54, 1.807) is 25.3 Å². The number of nitrogens with one attached hydrogen (secondary N) is 2. The molecule has 3 rings (SSSR count). The van der Waals surface area contributed by atoms with Gasteiger partial charge in [-0.3, -0.25) is 0 Å². The fourth-order valence-corrected chi connectivity index (χ4v) is 2.84. The Morgan fingerprint density at radius 1 is 1.03 bits per heavy atom. The van der Waals surface area contributed by atoms with Crippen molar-refractivity contribution >= 4 is 23.4 Å². The van der Waals surface area contributed by atoms with E-state index in [1.165, 1.54) is 12.7 Å². The van der Waals surface area contributed by atoms with Crippen molar-refractivity contribution in [1.82, 2.24) is 9.97 Å². The zero-order chi connectivity index (χ0) is 20.6. The Morgan fingerprint density at radius 3 is 2.52 bits per heavy atom. The molecule has 0 aliphatic carbocycles. The highest BCUT2D eigenvalue weighted by atomic mass is 16.5. The number of methoxy groups -OCH3 is 2. The molecule has 0 radical (unpaired) electrons. The van der Waals surface area contributed by atoms with Crippen molar-refractivity contribution in [1.29, 1.82) is 0 Å². The van der Waals surface area contributed by atoms with Crippen molar-refractivity contribution in [2.75, 3.05) is 31.4 Å². The zero-order valence-corrected chi connectivity index (χ0v) is 16.7. The molecule has 1 heterocycles. The number of carbonyl (C=O) groups excluding carboxylic acids is 1.